The minimum atomic E-state index is 0.0986. The number of aryl methyl sites for hydroxylation is 1. The number of hydrogen-bond acceptors (Lipinski definition) is 3. The molecule has 2 rings (SSSR count). The average Bonchev–Trinajstić information content (AvgIpc) is 2.64. The number of aromatic nitrogens is 1. The first-order valence-electron chi connectivity index (χ1n) is 5.86. The van der Waals surface area contributed by atoms with Crippen LogP contribution in [0.15, 0.2) is 18.2 Å². The predicted molar refractivity (Wildman–Crippen MR) is 72.0 cm³/mol. The molecule has 0 amide bonds. The highest BCUT2D eigenvalue weighted by Gasteiger charge is 2.13. The van der Waals surface area contributed by atoms with Crippen LogP contribution in [-0.4, -0.2) is 4.98 Å². The normalized spacial score (nSPS) is 12.9. The molecular weight excluding hydrogens is 228 g/mol. The zero-order valence-corrected chi connectivity index (χ0v) is 11.2. The number of nitrogens with zero attached hydrogens (tertiary/aromatic N) is 2. The molecule has 2 nitrogen and oxygen atoms in total. The van der Waals surface area contributed by atoms with Gasteiger partial charge >= 0.3 is 0 Å². The molecule has 1 aromatic heterocycles. The standard InChI is InChI=1S/C14H16N2S/c1-9(2)12(8-15)6-11-4-5-13-14(7-11)17-10(3)16-13/h4-5,7,9,12H,6H2,1-3H3. The molecule has 0 N–H and O–H groups in total. The smallest absolute Gasteiger partial charge is 0.0907 e. The molecule has 1 unspecified atom stereocenters. The summed E-state index contributed by atoms with van der Waals surface area (Å²) in [6.07, 6.45) is 0.834. The largest absolute Gasteiger partial charge is 0.242 e. The lowest BCUT2D eigenvalue weighted by molar-refractivity contribution is 0.474. The first-order chi connectivity index (χ1) is 8.10. The molecule has 0 saturated carbocycles. The molecule has 3 heteroatoms. The number of nitriles is 1. The summed E-state index contributed by atoms with van der Waals surface area (Å²) in [5, 5.41) is 10.2. The predicted octanol–water partition coefficient (Wildman–Crippen LogP) is 3.94. The second kappa shape index (κ2) is 4.85. The molecule has 2 aromatic rings. The second-order valence-electron chi connectivity index (χ2n) is 4.72. The highest BCUT2D eigenvalue weighted by molar-refractivity contribution is 7.18. The van der Waals surface area contributed by atoms with Crippen molar-refractivity contribution in [2.45, 2.75) is 27.2 Å². The maximum Gasteiger partial charge on any atom is 0.0907 e. The summed E-state index contributed by atoms with van der Waals surface area (Å²) in [5.74, 6) is 0.500. The van der Waals surface area contributed by atoms with E-state index in [0.717, 1.165) is 16.9 Å². The molecule has 0 spiro atoms. The monoisotopic (exact) mass is 244 g/mol. The molecule has 1 heterocycles. The molecule has 1 aromatic carbocycles. The van der Waals surface area contributed by atoms with Crippen molar-refractivity contribution in [1.82, 2.24) is 4.98 Å². The summed E-state index contributed by atoms with van der Waals surface area (Å²) in [6, 6.07) is 8.71. The Labute approximate surface area is 106 Å². The fraction of sp³-hybridized carbons (Fsp3) is 0.429. The summed E-state index contributed by atoms with van der Waals surface area (Å²) in [4.78, 5) is 4.44. The summed E-state index contributed by atoms with van der Waals surface area (Å²) in [6.45, 7) is 6.23. The Morgan fingerprint density at radius 2 is 2.18 bits per heavy atom. The van der Waals surface area contributed by atoms with Gasteiger partial charge in [0.25, 0.3) is 0 Å². The zero-order valence-electron chi connectivity index (χ0n) is 10.4. The van der Waals surface area contributed by atoms with Gasteiger partial charge < -0.3 is 0 Å². The first-order valence-corrected chi connectivity index (χ1v) is 6.67. The molecule has 0 fully saturated rings. The lowest BCUT2D eigenvalue weighted by atomic mass is 9.90. The van der Waals surface area contributed by atoms with Crippen molar-refractivity contribution in [2.75, 3.05) is 0 Å². The SMILES string of the molecule is Cc1nc2ccc(CC(C#N)C(C)C)cc2s1. The van der Waals surface area contributed by atoms with Gasteiger partial charge in [-0.2, -0.15) is 5.26 Å². The third-order valence-electron chi connectivity index (χ3n) is 2.99. The van der Waals surface area contributed by atoms with Gasteiger partial charge in [-0.15, -0.1) is 11.3 Å². The van der Waals surface area contributed by atoms with Gasteiger partial charge in [0.15, 0.2) is 0 Å². The van der Waals surface area contributed by atoms with E-state index in [1.54, 1.807) is 11.3 Å². The molecule has 1 atom stereocenters. The van der Waals surface area contributed by atoms with Crippen molar-refractivity contribution in [2.24, 2.45) is 11.8 Å². The van der Waals surface area contributed by atoms with Gasteiger partial charge in [-0.1, -0.05) is 19.9 Å². The highest BCUT2D eigenvalue weighted by atomic mass is 32.1. The van der Waals surface area contributed by atoms with E-state index in [2.05, 4.69) is 43.1 Å². The third kappa shape index (κ3) is 2.65. The van der Waals surface area contributed by atoms with E-state index in [1.165, 1.54) is 10.3 Å². The van der Waals surface area contributed by atoms with Crippen LogP contribution in [0.1, 0.15) is 24.4 Å². The molecule has 88 valence electrons. The molecule has 0 saturated heterocycles. The third-order valence-corrected chi connectivity index (χ3v) is 3.92. The molecule has 0 aliphatic rings. The first kappa shape index (κ1) is 12.1. The van der Waals surface area contributed by atoms with E-state index < -0.39 is 0 Å². The number of thiazole rings is 1. The lowest BCUT2D eigenvalue weighted by Gasteiger charge is -2.12. The van der Waals surface area contributed by atoms with Gasteiger partial charge in [0.2, 0.25) is 0 Å². The fourth-order valence-electron chi connectivity index (χ4n) is 1.90. The van der Waals surface area contributed by atoms with E-state index in [-0.39, 0.29) is 5.92 Å². The van der Waals surface area contributed by atoms with Crippen LogP contribution in [0.25, 0.3) is 10.2 Å². The van der Waals surface area contributed by atoms with Gasteiger partial charge in [-0.05, 0) is 37.0 Å². The number of rotatable bonds is 3. The van der Waals surface area contributed by atoms with Crippen LogP contribution in [0, 0.1) is 30.1 Å². The lowest BCUT2D eigenvalue weighted by Crippen LogP contribution is -2.09. The molecule has 0 bridgehead atoms. The van der Waals surface area contributed by atoms with Crippen molar-refractivity contribution < 1.29 is 0 Å². The Kier molecular flexibility index (Phi) is 3.44. The van der Waals surface area contributed by atoms with E-state index >= 15 is 0 Å². The van der Waals surface area contributed by atoms with Crippen molar-refractivity contribution in [3.8, 4) is 6.07 Å². The molecule has 0 radical (unpaired) electrons. The summed E-state index contributed by atoms with van der Waals surface area (Å²) < 4.78 is 1.22. The van der Waals surface area contributed by atoms with Crippen LogP contribution in [0.3, 0.4) is 0 Å². The van der Waals surface area contributed by atoms with Gasteiger partial charge in [0, 0.05) is 0 Å². The Bertz CT molecular complexity index is 563. The van der Waals surface area contributed by atoms with Crippen LogP contribution in [0.5, 0.6) is 0 Å². The van der Waals surface area contributed by atoms with Crippen LogP contribution < -0.4 is 0 Å². The van der Waals surface area contributed by atoms with E-state index in [1.807, 2.05) is 6.92 Å². The molecule has 17 heavy (non-hydrogen) atoms. The Morgan fingerprint density at radius 1 is 1.41 bits per heavy atom. The van der Waals surface area contributed by atoms with Crippen molar-refractivity contribution >= 4 is 21.6 Å². The van der Waals surface area contributed by atoms with Crippen molar-refractivity contribution in [1.29, 1.82) is 5.26 Å². The minimum absolute atomic E-state index is 0.0986. The van der Waals surface area contributed by atoms with Gasteiger partial charge in [-0.3, -0.25) is 0 Å². The second-order valence-corrected chi connectivity index (χ2v) is 5.95. The van der Waals surface area contributed by atoms with Crippen LogP contribution in [0.2, 0.25) is 0 Å². The highest BCUT2D eigenvalue weighted by Crippen LogP contribution is 2.25. The van der Waals surface area contributed by atoms with Crippen molar-refractivity contribution in [3.05, 3.63) is 28.8 Å². The number of fused-ring (bicyclic) bond motifs is 1. The quantitative estimate of drug-likeness (QED) is 0.820. The van der Waals surface area contributed by atoms with E-state index in [4.69, 9.17) is 5.26 Å². The zero-order chi connectivity index (χ0) is 12.4. The summed E-state index contributed by atoms with van der Waals surface area (Å²) >= 11 is 1.72. The van der Waals surface area contributed by atoms with Gasteiger partial charge in [0.1, 0.15) is 0 Å². The molecular formula is C14H16N2S. The Hall–Kier alpha value is -1.40. The average molecular weight is 244 g/mol. The summed E-state index contributed by atoms with van der Waals surface area (Å²) in [5.41, 5.74) is 2.30. The fourth-order valence-corrected chi connectivity index (χ4v) is 2.79. The van der Waals surface area contributed by atoms with Gasteiger partial charge in [-0.25, -0.2) is 4.98 Å². The molecule has 0 aliphatic carbocycles. The minimum Gasteiger partial charge on any atom is -0.242 e. The maximum absolute atomic E-state index is 9.12. The van der Waals surface area contributed by atoms with Gasteiger partial charge in [0.05, 0.1) is 27.2 Å². The Balaban J connectivity index is 2.27. The number of benzene rings is 1. The topological polar surface area (TPSA) is 36.7 Å². The number of hydrogen-bond donors (Lipinski definition) is 0. The maximum atomic E-state index is 9.12. The summed E-state index contributed by atoms with van der Waals surface area (Å²) in [7, 11) is 0. The molecule has 0 aliphatic heterocycles. The van der Waals surface area contributed by atoms with Crippen LogP contribution in [0.4, 0.5) is 0 Å². The van der Waals surface area contributed by atoms with E-state index in [9.17, 15) is 0 Å². The Morgan fingerprint density at radius 3 is 2.82 bits per heavy atom. The van der Waals surface area contributed by atoms with Crippen molar-refractivity contribution in [3.63, 3.8) is 0 Å². The van der Waals surface area contributed by atoms with Crippen LogP contribution >= 0.6 is 11.3 Å². The van der Waals surface area contributed by atoms with E-state index in [0.29, 0.717) is 5.92 Å². The van der Waals surface area contributed by atoms with Crippen LogP contribution in [-0.2, 0) is 6.42 Å².